The van der Waals surface area contributed by atoms with E-state index in [2.05, 4.69) is 51.9 Å². The monoisotopic (exact) mass is 442 g/mol. The first-order chi connectivity index (χ1) is 15.6. The van der Waals surface area contributed by atoms with E-state index in [-0.39, 0.29) is 0 Å². The molecule has 0 bridgehead atoms. The molecule has 0 heterocycles. The molecule has 0 fully saturated rings. The normalized spacial score (nSPS) is 11.7. The van der Waals surface area contributed by atoms with Crippen molar-refractivity contribution in [3.63, 3.8) is 0 Å². The molecule has 1 rings (SSSR count). The highest BCUT2D eigenvalue weighted by atomic mass is 15.3. The highest BCUT2D eigenvalue weighted by molar-refractivity contribution is 5.47. The predicted octanol–water partition coefficient (Wildman–Crippen LogP) is 9.95. The second-order valence-corrected chi connectivity index (χ2v) is 10.8. The molecule has 0 aromatic heterocycles. The zero-order valence-corrected chi connectivity index (χ0v) is 22.2. The Morgan fingerprint density at radius 2 is 0.969 bits per heavy atom. The van der Waals surface area contributed by atoms with E-state index in [4.69, 9.17) is 0 Å². The lowest BCUT2D eigenvalue weighted by molar-refractivity contribution is -0.903. The molecule has 1 aromatic carbocycles. The van der Waals surface area contributed by atoms with Gasteiger partial charge in [0.15, 0.2) is 0 Å². The van der Waals surface area contributed by atoms with Crippen LogP contribution in [0.4, 0.5) is 0 Å². The van der Waals surface area contributed by atoms with E-state index >= 15 is 0 Å². The SMILES string of the molecule is C=Cc1ccc(C[N+](C)(C)CCCCCCCCCCCCCCCCCCCC)cc1. The summed E-state index contributed by atoms with van der Waals surface area (Å²) in [7, 11) is 4.74. The summed E-state index contributed by atoms with van der Waals surface area (Å²) < 4.78 is 1.09. The Kier molecular flexibility index (Phi) is 17.5. The molecular formula is C31H56N+. The van der Waals surface area contributed by atoms with Gasteiger partial charge in [0.05, 0.1) is 20.6 Å². The second-order valence-electron chi connectivity index (χ2n) is 10.8. The Morgan fingerprint density at radius 1 is 0.594 bits per heavy atom. The van der Waals surface area contributed by atoms with Crippen molar-refractivity contribution in [2.75, 3.05) is 20.6 Å². The van der Waals surface area contributed by atoms with Gasteiger partial charge in [0.1, 0.15) is 6.54 Å². The predicted molar refractivity (Wildman–Crippen MR) is 146 cm³/mol. The third-order valence-corrected chi connectivity index (χ3v) is 6.94. The van der Waals surface area contributed by atoms with Crippen LogP contribution in [0.15, 0.2) is 30.8 Å². The van der Waals surface area contributed by atoms with Crippen molar-refractivity contribution in [3.05, 3.63) is 42.0 Å². The van der Waals surface area contributed by atoms with Crippen LogP contribution in [-0.2, 0) is 6.54 Å². The first kappa shape index (κ1) is 29.0. The molecule has 0 N–H and O–H groups in total. The Labute approximate surface area is 202 Å². The summed E-state index contributed by atoms with van der Waals surface area (Å²) in [5.74, 6) is 0. The molecule has 0 saturated heterocycles. The number of quaternary nitrogens is 1. The van der Waals surface area contributed by atoms with E-state index in [9.17, 15) is 0 Å². The van der Waals surface area contributed by atoms with Crippen molar-refractivity contribution in [2.24, 2.45) is 0 Å². The fourth-order valence-corrected chi connectivity index (χ4v) is 4.77. The van der Waals surface area contributed by atoms with Crippen LogP contribution < -0.4 is 0 Å². The van der Waals surface area contributed by atoms with E-state index < -0.39 is 0 Å². The number of nitrogens with zero attached hydrogens (tertiary/aromatic N) is 1. The van der Waals surface area contributed by atoms with Crippen LogP contribution in [0.3, 0.4) is 0 Å². The summed E-state index contributed by atoms with van der Waals surface area (Å²) in [5.41, 5.74) is 2.64. The zero-order valence-electron chi connectivity index (χ0n) is 22.2. The molecule has 1 nitrogen and oxygen atoms in total. The van der Waals surface area contributed by atoms with Gasteiger partial charge in [-0.1, -0.05) is 147 Å². The van der Waals surface area contributed by atoms with Gasteiger partial charge in [-0.05, 0) is 18.4 Å². The van der Waals surface area contributed by atoms with Crippen LogP contribution in [-0.4, -0.2) is 25.1 Å². The summed E-state index contributed by atoms with van der Waals surface area (Å²) in [6.07, 6.45) is 27.9. The van der Waals surface area contributed by atoms with Gasteiger partial charge in [0.2, 0.25) is 0 Å². The largest absolute Gasteiger partial charge is 0.325 e. The van der Waals surface area contributed by atoms with Gasteiger partial charge < -0.3 is 4.48 Å². The Morgan fingerprint density at radius 3 is 1.34 bits per heavy atom. The lowest BCUT2D eigenvalue weighted by Crippen LogP contribution is -2.39. The zero-order chi connectivity index (χ0) is 23.3. The molecule has 184 valence electrons. The van der Waals surface area contributed by atoms with Crippen LogP contribution in [0, 0.1) is 0 Å². The summed E-state index contributed by atoms with van der Waals surface area (Å²) in [4.78, 5) is 0. The molecule has 0 aliphatic rings. The fraction of sp³-hybridized carbons (Fsp3) is 0.742. The van der Waals surface area contributed by atoms with E-state index in [0.29, 0.717) is 0 Å². The molecule has 1 aromatic rings. The first-order valence-electron chi connectivity index (χ1n) is 14.1. The molecule has 0 atom stereocenters. The van der Waals surface area contributed by atoms with E-state index in [1.54, 1.807) is 0 Å². The Hall–Kier alpha value is -1.08. The summed E-state index contributed by atoms with van der Waals surface area (Å²) in [6.45, 7) is 8.54. The lowest BCUT2D eigenvalue weighted by Gasteiger charge is -2.30. The topological polar surface area (TPSA) is 0 Å². The Bertz CT molecular complexity index is 542. The maximum atomic E-state index is 3.84. The van der Waals surface area contributed by atoms with Crippen molar-refractivity contribution in [1.29, 1.82) is 0 Å². The Balaban J connectivity index is 1.85. The number of benzene rings is 1. The molecule has 0 radical (unpaired) electrons. The highest BCUT2D eigenvalue weighted by Gasteiger charge is 2.15. The smallest absolute Gasteiger partial charge is 0.104 e. The van der Waals surface area contributed by atoms with E-state index in [1.807, 2.05) is 6.08 Å². The van der Waals surface area contributed by atoms with Crippen LogP contribution in [0.5, 0.6) is 0 Å². The van der Waals surface area contributed by atoms with Gasteiger partial charge in [-0.25, -0.2) is 0 Å². The maximum Gasteiger partial charge on any atom is 0.104 e. The number of rotatable bonds is 22. The quantitative estimate of drug-likeness (QED) is 0.124. The van der Waals surface area contributed by atoms with Crippen molar-refractivity contribution in [3.8, 4) is 0 Å². The average molecular weight is 443 g/mol. The molecule has 0 aliphatic carbocycles. The van der Waals surface area contributed by atoms with Gasteiger partial charge in [-0.15, -0.1) is 0 Å². The molecule has 1 heteroatoms. The van der Waals surface area contributed by atoms with Crippen LogP contribution in [0.1, 0.15) is 134 Å². The highest BCUT2D eigenvalue weighted by Crippen LogP contribution is 2.16. The molecular weight excluding hydrogens is 386 g/mol. The van der Waals surface area contributed by atoms with Crippen LogP contribution in [0.25, 0.3) is 6.08 Å². The summed E-state index contributed by atoms with van der Waals surface area (Å²) >= 11 is 0. The molecule has 0 amide bonds. The number of hydrogen-bond acceptors (Lipinski definition) is 0. The third-order valence-electron chi connectivity index (χ3n) is 6.94. The summed E-state index contributed by atoms with van der Waals surface area (Å²) in [5, 5.41) is 0. The average Bonchev–Trinajstić information content (AvgIpc) is 2.78. The lowest BCUT2D eigenvalue weighted by atomic mass is 10.0. The third kappa shape index (κ3) is 16.5. The molecule has 0 saturated carbocycles. The van der Waals surface area contributed by atoms with Crippen LogP contribution >= 0.6 is 0 Å². The minimum atomic E-state index is 1.09. The van der Waals surface area contributed by atoms with Crippen molar-refractivity contribution >= 4 is 6.08 Å². The number of unbranched alkanes of at least 4 members (excludes halogenated alkanes) is 17. The molecule has 0 aliphatic heterocycles. The van der Waals surface area contributed by atoms with Crippen molar-refractivity contribution < 1.29 is 4.48 Å². The number of hydrogen-bond donors (Lipinski definition) is 0. The van der Waals surface area contributed by atoms with Gasteiger partial charge >= 0.3 is 0 Å². The van der Waals surface area contributed by atoms with Crippen molar-refractivity contribution in [2.45, 2.75) is 129 Å². The van der Waals surface area contributed by atoms with Crippen molar-refractivity contribution in [1.82, 2.24) is 0 Å². The maximum absolute atomic E-state index is 3.84. The fourth-order valence-electron chi connectivity index (χ4n) is 4.77. The minimum absolute atomic E-state index is 1.09. The first-order valence-corrected chi connectivity index (χ1v) is 14.1. The minimum Gasteiger partial charge on any atom is -0.325 e. The standard InChI is InChI=1S/C31H56N/c1-5-7-8-9-10-11-12-13-14-15-16-17-18-19-20-21-22-23-28-32(3,4)29-31-26-24-30(6-2)25-27-31/h6,24-27H,2,5,7-23,28-29H2,1,3-4H3/q+1. The van der Waals surface area contributed by atoms with E-state index in [1.165, 1.54) is 133 Å². The summed E-state index contributed by atoms with van der Waals surface area (Å²) in [6, 6.07) is 8.87. The van der Waals surface area contributed by atoms with E-state index in [0.717, 1.165) is 11.0 Å². The van der Waals surface area contributed by atoms with Gasteiger partial charge in [0, 0.05) is 5.56 Å². The molecule has 0 spiro atoms. The molecule has 0 unspecified atom stereocenters. The van der Waals surface area contributed by atoms with Crippen LogP contribution in [0.2, 0.25) is 0 Å². The molecule has 32 heavy (non-hydrogen) atoms. The van der Waals surface area contributed by atoms with Gasteiger partial charge in [-0.3, -0.25) is 0 Å². The second kappa shape index (κ2) is 19.4. The van der Waals surface area contributed by atoms with Gasteiger partial charge in [0.25, 0.3) is 0 Å². The van der Waals surface area contributed by atoms with Gasteiger partial charge in [-0.2, -0.15) is 0 Å².